The first-order valence-electron chi connectivity index (χ1n) is 10.3. The second-order valence-corrected chi connectivity index (χ2v) is 7.86. The van der Waals surface area contributed by atoms with Crippen molar-refractivity contribution >= 4 is 23.2 Å². The van der Waals surface area contributed by atoms with Crippen LogP contribution in [-0.4, -0.2) is 68.3 Å². The lowest BCUT2D eigenvalue weighted by atomic mass is 10.1. The minimum atomic E-state index is 0.522. The summed E-state index contributed by atoms with van der Waals surface area (Å²) in [4.78, 5) is 13.7. The maximum Gasteiger partial charge on any atom is 0.194 e. The van der Waals surface area contributed by atoms with Gasteiger partial charge in [-0.15, -0.1) is 0 Å². The van der Waals surface area contributed by atoms with Crippen molar-refractivity contribution in [1.82, 2.24) is 15.2 Å². The molecular formula is C21H28ClN5O2. The highest BCUT2D eigenvalue weighted by atomic mass is 35.5. The predicted octanol–water partition coefficient (Wildman–Crippen LogP) is 2.67. The largest absolute Gasteiger partial charge is 0.469 e. The number of anilines is 1. The highest BCUT2D eigenvalue weighted by molar-refractivity contribution is 6.33. The fourth-order valence-electron chi connectivity index (χ4n) is 3.75. The fraction of sp³-hybridized carbons (Fsp3) is 0.524. The number of piperazine rings is 1. The number of hydrogen-bond acceptors (Lipinski definition) is 5. The molecule has 2 aromatic rings. The molecule has 8 heteroatoms. The van der Waals surface area contributed by atoms with Gasteiger partial charge >= 0.3 is 0 Å². The number of furan rings is 1. The number of nitrogens with zero attached hydrogens (tertiary/aromatic N) is 4. The normalized spacial score (nSPS) is 20.3. The summed E-state index contributed by atoms with van der Waals surface area (Å²) in [5, 5.41) is 4.24. The smallest absolute Gasteiger partial charge is 0.194 e. The van der Waals surface area contributed by atoms with Gasteiger partial charge in [0, 0.05) is 70.6 Å². The van der Waals surface area contributed by atoms with E-state index >= 15 is 0 Å². The minimum absolute atomic E-state index is 0.522. The predicted molar refractivity (Wildman–Crippen MR) is 115 cm³/mol. The molecule has 0 saturated carbocycles. The third-order valence-electron chi connectivity index (χ3n) is 5.43. The molecule has 1 unspecified atom stereocenters. The lowest BCUT2D eigenvalue weighted by molar-refractivity contribution is 0.187. The van der Waals surface area contributed by atoms with E-state index in [0.717, 1.165) is 82.7 Å². The molecule has 0 radical (unpaired) electrons. The van der Waals surface area contributed by atoms with Crippen molar-refractivity contribution in [2.24, 2.45) is 10.9 Å². The molecule has 29 heavy (non-hydrogen) atoms. The number of halogens is 1. The molecule has 7 nitrogen and oxygen atoms in total. The summed E-state index contributed by atoms with van der Waals surface area (Å²) in [6.45, 7) is 6.86. The van der Waals surface area contributed by atoms with Gasteiger partial charge in [-0.2, -0.15) is 0 Å². The van der Waals surface area contributed by atoms with Crippen LogP contribution in [0.5, 0.6) is 0 Å². The van der Waals surface area contributed by atoms with Crippen molar-refractivity contribution in [2.45, 2.75) is 12.8 Å². The highest BCUT2D eigenvalue weighted by Gasteiger charge is 2.22. The van der Waals surface area contributed by atoms with Crippen LogP contribution in [0.1, 0.15) is 12.2 Å². The SMILES string of the molecule is Clc1cnccc1N1CCN(C(=NCC2CCOC2)NCCc2ccco2)CC1. The first-order chi connectivity index (χ1) is 14.3. The third-order valence-corrected chi connectivity index (χ3v) is 5.72. The van der Waals surface area contributed by atoms with Crippen molar-refractivity contribution in [3.05, 3.63) is 47.6 Å². The van der Waals surface area contributed by atoms with E-state index in [1.807, 2.05) is 18.2 Å². The molecule has 4 rings (SSSR count). The van der Waals surface area contributed by atoms with Crippen LogP contribution >= 0.6 is 11.6 Å². The number of aliphatic imine (C=N–C) groups is 1. The summed E-state index contributed by atoms with van der Waals surface area (Å²) in [5.74, 6) is 2.48. The first kappa shape index (κ1) is 20.0. The van der Waals surface area contributed by atoms with Gasteiger partial charge in [-0.25, -0.2) is 0 Å². The Bertz CT molecular complexity index is 784. The highest BCUT2D eigenvalue weighted by Crippen LogP contribution is 2.25. The zero-order valence-electron chi connectivity index (χ0n) is 16.6. The van der Waals surface area contributed by atoms with E-state index in [-0.39, 0.29) is 0 Å². The Kier molecular flexibility index (Phi) is 6.90. The van der Waals surface area contributed by atoms with E-state index in [9.17, 15) is 0 Å². The van der Waals surface area contributed by atoms with E-state index in [1.54, 1.807) is 18.7 Å². The monoisotopic (exact) mass is 417 g/mol. The van der Waals surface area contributed by atoms with E-state index in [1.165, 1.54) is 0 Å². The van der Waals surface area contributed by atoms with Crippen LogP contribution in [-0.2, 0) is 11.2 Å². The Hall–Kier alpha value is -2.25. The number of pyridine rings is 1. The van der Waals surface area contributed by atoms with Gasteiger partial charge < -0.3 is 24.3 Å². The van der Waals surface area contributed by atoms with Crippen molar-refractivity contribution in [1.29, 1.82) is 0 Å². The van der Waals surface area contributed by atoms with Crippen molar-refractivity contribution in [2.75, 3.05) is 57.4 Å². The maximum absolute atomic E-state index is 6.32. The van der Waals surface area contributed by atoms with E-state index < -0.39 is 0 Å². The Morgan fingerprint density at radius 1 is 1.28 bits per heavy atom. The van der Waals surface area contributed by atoms with Crippen LogP contribution in [0.4, 0.5) is 5.69 Å². The van der Waals surface area contributed by atoms with E-state index in [0.29, 0.717) is 10.9 Å². The van der Waals surface area contributed by atoms with Gasteiger partial charge in [-0.3, -0.25) is 9.98 Å². The fourth-order valence-corrected chi connectivity index (χ4v) is 3.99. The summed E-state index contributed by atoms with van der Waals surface area (Å²) in [7, 11) is 0. The van der Waals surface area contributed by atoms with E-state index in [2.05, 4.69) is 20.1 Å². The Morgan fingerprint density at radius 2 is 2.17 bits per heavy atom. The van der Waals surface area contributed by atoms with Crippen LogP contribution in [0.2, 0.25) is 5.02 Å². The van der Waals surface area contributed by atoms with Gasteiger partial charge in [0.1, 0.15) is 5.76 Å². The number of rotatable bonds is 6. The van der Waals surface area contributed by atoms with Crippen molar-refractivity contribution in [3.8, 4) is 0 Å². The Labute approximate surface area is 176 Å². The van der Waals surface area contributed by atoms with Gasteiger partial charge in [0.15, 0.2) is 5.96 Å². The zero-order valence-corrected chi connectivity index (χ0v) is 17.4. The molecule has 2 aliphatic rings. The standard InChI is InChI=1S/C21H28ClN5O2/c22-19-15-23-6-4-20(19)26-8-10-27(11-9-26)21(25-14-17-5-13-28-16-17)24-7-3-18-2-1-12-29-18/h1-2,4,6,12,15,17H,3,5,7-11,13-14,16H2,(H,24,25). The quantitative estimate of drug-likeness (QED) is 0.575. The van der Waals surface area contributed by atoms with Crippen molar-refractivity contribution in [3.63, 3.8) is 0 Å². The molecule has 1 atom stereocenters. The lowest BCUT2D eigenvalue weighted by Gasteiger charge is -2.38. The Morgan fingerprint density at radius 3 is 2.90 bits per heavy atom. The van der Waals surface area contributed by atoms with Crippen LogP contribution in [0.15, 0.2) is 46.3 Å². The van der Waals surface area contributed by atoms with Gasteiger partial charge in [0.25, 0.3) is 0 Å². The summed E-state index contributed by atoms with van der Waals surface area (Å²) in [6, 6.07) is 5.91. The summed E-state index contributed by atoms with van der Waals surface area (Å²) >= 11 is 6.32. The summed E-state index contributed by atoms with van der Waals surface area (Å²) < 4.78 is 10.9. The van der Waals surface area contributed by atoms with E-state index in [4.69, 9.17) is 25.7 Å². The molecule has 1 N–H and O–H groups in total. The second-order valence-electron chi connectivity index (χ2n) is 7.45. The minimum Gasteiger partial charge on any atom is -0.469 e. The van der Waals surface area contributed by atoms with Crippen LogP contribution in [0, 0.1) is 5.92 Å². The average molecular weight is 418 g/mol. The molecular weight excluding hydrogens is 390 g/mol. The van der Waals surface area contributed by atoms with Gasteiger partial charge in [0.05, 0.1) is 23.6 Å². The summed E-state index contributed by atoms with van der Waals surface area (Å²) in [6.07, 6.45) is 7.15. The lowest BCUT2D eigenvalue weighted by Crippen LogP contribution is -2.53. The average Bonchev–Trinajstić information content (AvgIpc) is 3.45. The molecule has 156 valence electrons. The number of nitrogens with one attached hydrogen (secondary N) is 1. The molecule has 2 aromatic heterocycles. The molecule has 0 aromatic carbocycles. The molecule has 4 heterocycles. The van der Waals surface area contributed by atoms with Gasteiger partial charge in [0.2, 0.25) is 0 Å². The molecule has 0 bridgehead atoms. The number of hydrogen-bond donors (Lipinski definition) is 1. The van der Waals surface area contributed by atoms with Crippen LogP contribution in [0.3, 0.4) is 0 Å². The maximum atomic E-state index is 6.32. The molecule has 2 fully saturated rings. The zero-order chi connectivity index (χ0) is 19.9. The first-order valence-corrected chi connectivity index (χ1v) is 10.7. The second kappa shape index (κ2) is 9.98. The third kappa shape index (κ3) is 5.42. The van der Waals surface area contributed by atoms with Crippen LogP contribution in [0.25, 0.3) is 0 Å². The Balaban J connectivity index is 1.36. The molecule has 0 spiro atoms. The molecule has 2 aliphatic heterocycles. The van der Waals surface area contributed by atoms with Gasteiger partial charge in [-0.05, 0) is 24.6 Å². The summed E-state index contributed by atoms with van der Waals surface area (Å²) in [5.41, 5.74) is 1.05. The van der Waals surface area contributed by atoms with Crippen molar-refractivity contribution < 1.29 is 9.15 Å². The number of guanidine groups is 1. The van der Waals surface area contributed by atoms with Crippen LogP contribution < -0.4 is 10.2 Å². The molecule has 0 amide bonds. The molecule has 0 aliphatic carbocycles. The topological polar surface area (TPSA) is 66.1 Å². The number of ether oxygens (including phenoxy) is 1. The van der Waals surface area contributed by atoms with Gasteiger partial charge in [-0.1, -0.05) is 11.6 Å². The number of aromatic nitrogens is 1. The molecule has 2 saturated heterocycles.